The lowest BCUT2D eigenvalue weighted by Gasteiger charge is -2.27. The van der Waals surface area contributed by atoms with Gasteiger partial charge in [0.25, 0.3) is 0 Å². The van der Waals surface area contributed by atoms with Crippen LogP contribution in [-0.4, -0.2) is 40.3 Å². The third-order valence-electron chi connectivity index (χ3n) is 3.59. The summed E-state index contributed by atoms with van der Waals surface area (Å²) in [6.45, 7) is 6.07. The van der Waals surface area contributed by atoms with Crippen molar-refractivity contribution in [2.24, 2.45) is 11.8 Å². The summed E-state index contributed by atoms with van der Waals surface area (Å²) in [5.41, 5.74) is -0.535. The predicted molar refractivity (Wildman–Crippen MR) is 65.2 cm³/mol. The molecule has 0 unspecified atom stereocenters. The van der Waals surface area contributed by atoms with Crippen LogP contribution >= 0.6 is 0 Å². The Labute approximate surface area is 107 Å². The maximum Gasteiger partial charge on any atom is 0.410 e. The van der Waals surface area contributed by atoms with Crippen LogP contribution in [0.2, 0.25) is 0 Å². The van der Waals surface area contributed by atoms with Gasteiger partial charge in [0.15, 0.2) is 0 Å². The van der Waals surface area contributed by atoms with Crippen molar-refractivity contribution in [3.8, 4) is 0 Å². The molecule has 102 valence electrons. The molecule has 0 aromatic rings. The largest absolute Gasteiger partial charge is 0.481 e. The quantitative estimate of drug-likeness (QED) is 0.779. The first-order valence-electron chi connectivity index (χ1n) is 6.54. The van der Waals surface area contributed by atoms with Crippen LogP contribution in [0.1, 0.15) is 40.0 Å². The van der Waals surface area contributed by atoms with Crippen molar-refractivity contribution in [1.29, 1.82) is 0 Å². The van der Waals surface area contributed by atoms with Gasteiger partial charge in [0.1, 0.15) is 5.60 Å². The molecule has 0 spiro atoms. The van der Waals surface area contributed by atoms with E-state index in [2.05, 4.69) is 0 Å². The molecule has 1 aliphatic carbocycles. The second-order valence-corrected chi connectivity index (χ2v) is 6.19. The molecule has 1 aliphatic heterocycles. The van der Waals surface area contributed by atoms with Gasteiger partial charge in [-0.25, -0.2) is 4.79 Å². The minimum Gasteiger partial charge on any atom is -0.481 e. The Morgan fingerprint density at radius 1 is 1.28 bits per heavy atom. The SMILES string of the molecule is CC(C)(C)OC(=O)N1CCCC[C@@H]2[C@H](C(=O)O)[C@H]21. The third kappa shape index (κ3) is 2.60. The number of carboxylic acids is 1. The predicted octanol–water partition coefficient (Wildman–Crippen LogP) is 2.11. The molecule has 1 heterocycles. The summed E-state index contributed by atoms with van der Waals surface area (Å²) in [5, 5.41) is 9.13. The number of nitrogens with zero attached hydrogens (tertiary/aromatic N) is 1. The number of aliphatic carboxylic acids is 1. The van der Waals surface area contributed by atoms with Crippen molar-refractivity contribution < 1.29 is 19.4 Å². The highest BCUT2D eigenvalue weighted by atomic mass is 16.6. The third-order valence-corrected chi connectivity index (χ3v) is 3.59. The molecule has 0 aromatic carbocycles. The van der Waals surface area contributed by atoms with Crippen LogP contribution in [0.5, 0.6) is 0 Å². The first-order valence-corrected chi connectivity index (χ1v) is 6.54. The van der Waals surface area contributed by atoms with Crippen molar-refractivity contribution in [2.75, 3.05) is 6.54 Å². The standard InChI is InChI=1S/C13H21NO4/c1-13(2,3)18-12(17)14-7-5-4-6-8-9(10(8)14)11(15)16/h8-10H,4-7H2,1-3H3,(H,15,16)/t8-,9+,10+/m1/s1. The Morgan fingerprint density at radius 2 is 1.94 bits per heavy atom. The molecule has 2 rings (SSSR count). The molecular weight excluding hydrogens is 234 g/mol. The van der Waals surface area contributed by atoms with Crippen LogP contribution in [0, 0.1) is 11.8 Å². The van der Waals surface area contributed by atoms with Gasteiger partial charge >= 0.3 is 12.1 Å². The Hall–Kier alpha value is -1.26. The van der Waals surface area contributed by atoms with E-state index in [1.807, 2.05) is 20.8 Å². The van der Waals surface area contributed by atoms with Gasteiger partial charge in [0.2, 0.25) is 0 Å². The van der Waals surface area contributed by atoms with Crippen LogP contribution in [-0.2, 0) is 9.53 Å². The van der Waals surface area contributed by atoms with Crippen LogP contribution in [0.4, 0.5) is 4.79 Å². The summed E-state index contributed by atoms with van der Waals surface area (Å²) in [6, 6.07) is -0.153. The second-order valence-electron chi connectivity index (χ2n) is 6.19. The molecule has 18 heavy (non-hydrogen) atoms. The number of carboxylic acid groups (broad SMARTS) is 1. The Bertz CT molecular complexity index is 360. The fraction of sp³-hybridized carbons (Fsp3) is 0.846. The summed E-state index contributed by atoms with van der Waals surface area (Å²) in [6.07, 6.45) is 2.45. The van der Waals surface area contributed by atoms with E-state index < -0.39 is 17.5 Å². The molecule has 1 saturated heterocycles. The molecule has 2 fully saturated rings. The normalized spacial score (nSPS) is 31.3. The van der Waals surface area contributed by atoms with Crippen LogP contribution in [0.3, 0.4) is 0 Å². The lowest BCUT2D eigenvalue weighted by Crippen LogP contribution is -2.40. The number of amides is 1. The lowest BCUT2D eigenvalue weighted by molar-refractivity contribution is -0.139. The summed E-state index contributed by atoms with van der Waals surface area (Å²) in [5.74, 6) is -1.06. The molecule has 1 N–H and O–H groups in total. The second kappa shape index (κ2) is 4.44. The fourth-order valence-corrected chi connectivity index (χ4v) is 2.81. The van der Waals surface area contributed by atoms with Gasteiger partial charge in [0, 0.05) is 6.54 Å². The molecular formula is C13H21NO4. The fourth-order valence-electron chi connectivity index (χ4n) is 2.81. The monoisotopic (exact) mass is 255 g/mol. The summed E-state index contributed by atoms with van der Waals surface area (Å²) in [4.78, 5) is 24.8. The number of carbonyl (C=O) groups is 2. The van der Waals surface area contributed by atoms with E-state index in [-0.39, 0.29) is 18.1 Å². The zero-order chi connectivity index (χ0) is 13.5. The highest BCUT2D eigenvalue weighted by molar-refractivity contribution is 5.78. The summed E-state index contributed by atoms with van der Waals surface area (Å²) in [7, 11) is 0. The maximum absolute atomic E-state index is 12.1. The summed E-state index contributed by atoms with van der Waals surface area (Å²) >= 11 is 0. The number of ether oxygens (including phenoxy) is 1. The van der Waals surface area contributed by atoms with Crippen LogP contribution < -0.4 is 0 Å². The first kappa shape index (κ1) is 13.2. The van der Waals surface area contributed by atoms with E-state index >= 15 is 0 Å². The molecule has 5 nitrogen and oxygen atoms in total. The van der Waals surface area contributed by atoms with Gasteiger partial charge in [-0.15, -0.1) is 0 Å². The maximum atomic E-state index is 12.1. The van der Waals surface area contributed by atoms with Gasteiger partial charge in [-0.1, -0.05) is 6.42 Å². The Morgan fingerprint density at radius 3 is 2.50 bits per heavy atom. The van der Waals surface area contributed by atoms with E-state index in [0.717, 1.165) is 19.3 Å². The average molecular weight is 255 g/mol. The molecule has 0 radical (unpaired) electrons. The first-order chi connectivity index (χ1) is 8.31. The Kier molecular flexibility index (Phi) is 3.25. The van der Waals surface area contributed by atoms with Crippen molar-refractivity contribution in [3.05, 3.63) is 0 Å². The average Bonchev–Trinajstić information content (AvgIpc) is 2.87. The number of hydrogen-bond donors (Lipinski definition) is 1. The highest BCUT2D eigenvalue weighted by Gasteiger charge is 2.59. The summed E-state index contributed by atoms with van der Waals surface area (Å²) < 4.78 is 5.35. The van der Waals surface area contributed by atoms with Crippen molar-refractivity contribution in [2.45, 2.75) is 51.7 Å². The molecule has 0 aromatic heterocycles. The molecule has 1 amide bonds. The van der Waals surface area contributed by atoms with Gasteiger partial charge in [-0.3, -0.25) is 4.79 Å². The van der Waals surface area contributed by atoms with E-state index in [1.54, 1.807) is 4.90 Å². The minimum atomic E-state index is -0.791. The molecule has 0 bridgehead atoms. The number of carbonyl (C=O) groups excluding carboxylic acids is 1. The molecule has 1 saturated carbocycles. The minimum absolute atomic E-state index is 0.123. The Balaban J connectivity index is 2.06. The van der Waals surface area contributed by atoms with E-state index in [0.29, 0.717) is 6.54 Å². The van der Waals surface area contributed by atoms with E-state index in [1.165, 1.54) is 0 Å². The van der Waals surface area contributed by atoms with Gasteiger partial charge < -0.3 is 14.7 Å². The molecule has 2 aliphatic rings. The lowest BCUT2D eigenvalue weighted by atomic mass is 10.1. The van der Waals surface area contributed by atoms with E-state index in [9.17, 15) is 9.59 Å². The van der Waals surface area contributed by atoms with Crippen molar-refractivity contribution in [1.82, 2.24) is 4.90 Å². The van der Waals surface area contributed by atoms with Crippen LogP contribution in [0.25, 0.3) is 0 Å². The van der Waals surface area contributed by atoms with Crippen molar-refractivity contribution in [3.63, 3.8) is 0 Å². The number of fused-ring (bicyclic) bond motifs is 1. The topological polar surface area (TPSA) is 66.8 Å². The van der Waals surface area contributed by atoms with E-state index in [4.69, 9.17) is 9.84 Å². The van der Waals surface area contributed by atoms with Gasteiger partial charge in [0.05, 0.1) is 12.0 Å². The smallest absolute Gasteiger partial charge is 0.410 e. The zero-order valence-electron chi connectivity index (χ0n) is 11.2. The number of rotatable bonds is 1. The number of likely N-dealkylation sites (tertiary alicyclic amines) is 1. The number of hydrogen-bond acceptors (Lipinski definition) is 3. The molecule has 3 atom stereocenters. The van der Waals surface area contributed by atoms with Gasteiger partial charge in [-0.2, -0.15) is 0 Å². The van der Waals surface area contributed by atoms with Crippen molar-refractivity contribution >= 4 is 12.1 Å². The molecule has 5 heteroatoms. The van der Waals surface area contributed by atoms with Gasteiger partial charge in [-0.05, 0) is 39.5 Å². The highest BCUT2D eigenvalue weighted by Crippen LogP contribution is 2.48. The van der Waals surface area contributed by atoms with Crippen LogP contribution in [0.15, 0.2) is 0 Å². The zero-order valence-corrected chi connectivity index (χ0v) is 11.2.